The Bertz CT molecular complexity index is 570. The summed E-state index contributed by atoms with van der Waals surface area (Å²) in [6.07, 6.45) is 0. The summed E-state index contributed by atoms with van der Waals surface area (Å²) in [5.74, 6) is -0.150. The topological polar surface area (TPSA) is 15.3 Å². The van der Waals surface area contributed by atoms with Crippen molar-refractivity contribution in [2.45, 2.75) is 19.0 Å². The minimum atomic E-state index is -0.150. The SMILES string of the molecule is CC1CN(c2ccccc2F)C(c2ccccc2)CN1. The molecule has 0 saturated carbocycles. The number of piperazine rings is 1. The average Bonchev–Trinajstić information content (AvgIpc) is 2.48. The molecule has 0 radical (unpaired) electrons. The fourth-order valence-electron chi connectivity index (χ4n) is 2.83. The van der Waals surface area contributed by atoms with E-state index in [0.717, 1.165) is 13.1 Å². The predicted molar refractivity (Wildman–Crippen MR) is 80.4 cm³/mol. The largest absolute Gasteiger partial charge is 0.359 e. The first kappa shape index (κ1) is 13.1. The van der Waals surface area contributed by atoms with Crippen LogP contribution >= 0.6 is 0 Å². The Kier molecular flexibility index (Phi) is 3.70. The van der Waals surface area contributed by atoms with Gasteiger partial charge >= 0.3 is 0 Å². The van der Waals surface area contributed by atoms with Crippen LogP contribution < -0.4 is 10.2 Å². The third-order valence-electron chi connectivity index (χ3n) is 3.85. The smallest absolute Gasteiger partial charge is 0.146 e. The first-order valence-electron chi connectivity index (χ1n) is 7.05. The van der Waals surface area contributed by atoms with Crippen molar-refractivity contribution in [2.75, 3.05) is 18.0 Å². The monoisotopic (exact) mass is 270 g/mol. The van der Waals surface area contributed by atoms with E-state index < -0.39 is 0 Å². The zero-order valence-electron chi connectivity index (χ0n) is 11.6. The molecular formula is C17H19FN2. The van der Waals surface area contributed by atoms with Crippen LogP contribution in [-0.4, -0.2) is 19.1 Å². The molecule has 104 valence electrons. The van der Waals surface area contributed by atoms with Gasteiger partial charge in [-0.15, -0.1) is 0 Å². The lowest BCUT2D eigenvalue weighted by Gasteiger charge is -2.41. The van der Waals surface area contributed by atoms with Gasteiger partial charge in [0.05, 0.1) is 11.7 Å². The summed E-state index contributed by atoms with van der Waals surface area (Å²) in [7, 11) is 0. The van der Waals surface area contributed by atoms with Crippen molar-refractivity contribution in [3.05, 3.63) is 66.0 Å². The van der Waals surface area contributed by atoms with E-state index in [-0.39, 0.29) is 11.9 Å². The third kappa shape index (κ3) is 2.54. The molecule has 2 unspecified atom stereocenters. The number of anilines is 1. The van der Waals surface area contributed by atoms with Crippen molar-refractivity contribution in [1.29, 1.82) is 0 Å². The Hall–Kier alpha value is -1.87. The second kappa shape index (κ2) is 5.63. The molecule has 0 spiro atoms. The second-order valence-corrected chi connectivity index (χ2v) is 5.34. The molecule has 2 atom stereocenters. The Morgan fingerprint density at radius 3 is 2.50 bits per heavy atom. The zero-order valence-corrected chi connectivity index (χ0v) is 11.6. The maximum Gasteiger partial charge on any atom is 0.146 e. The highest BCUT2D eigenvalue weighted by Gasteiger charge is 2.28. The van der Waals surface area contributed by atoms with Crippen molar-refractivity contribution in [3.8, 4) is 0 Å². The number of nitrogens with zero attached hydrogens (tertiary/aromatic N) is 1. The maximum atomic E-state index is 14.1. The fraction of sp³-hybridized carbons (Fsp3) is 0.294. The molecule has 2 nitrogen and oxygen atoms in total. The van der Waals surface area contributed by atoms with Crippen LogP contribution in [0.15, 0.2) is 54.6 Å². The van der Waals surface area contributed by atoms with E-state index in [0.29, 0.717) is 11.7 Å². The van der Waals surface area contributed by atoms with Crippen LogP contribution in [0.5, 0.6) is 0 Å². The molecule has 20 heavy (non-hydrogen) atoms. The van der Waals surface area contributed by atoms with Gasteiger partial charge in [-0.25, -0.2) is 4.39 Å². The van der Waals surface area contributed by atoms with E-state index in [1.807, 2.05) is 30.3 Å². The molecule has 1 aliphatic rings. The van der Waals surface area contributed by atoms with E-state index in [1.165, 1.54) is 11.6 Å². The van der Waals surface area contributed by atoms with Crippen LogP contribution in [0.4, 0.5) is 10.1 Å². The van der Waals surface area contributed by atoms with Crippen molar-refractivity contribution in [3.63, 3.8) is 0 Å². The number of hydrogen-bond donors (Lipinski definition) is 1. The Morgan fingerprint density at radius 1 is 1.05 bits per heavy atom. The summed E-state index contributed by atoms with van der Waals surface area (Å²) in [4.78, 5) is 2.17. The summed E-state index contributed by atoms with van der Waals surface area (Å²) < 4.78 is 14.1. The van der Waals surface area contributed by atoms with Crippen LogP contribution in [0.1, 0.15) is 18.5 Å². The lowest BCUT2D eigenvalue weighted by atomic mass is 10.0. The number of halogens is 1. The van der Waals surface area contributed by atoms with Crippen molar-refractivity contribution in [1.82, 2.24) is 5.32 Å². The van der Waals surface area contributed by atoms with Gasteiger partial charge in [-0.3, -0.25) is 0 Å². The molecule has 1 heterocycles. The van der Waals surface area contributed by atoms with Gasteiger partial charge in [-0.05, 0) is 24.6 Å². The molecule has 1 aliphatic heterocycles. The van der Waals surface area contributed by atoms with Gasteiger partial charge < -0.3 is 10.2 Å². The first-order valence-corrected chi connectivity index (χ1v) is 7.05. The van der Waals surface area contributed by atoms with Gasteiger partial charge in [0.1, 0.15) is 5.82 Å². The quantitative estimate of drug-likeness (QED) is 0.900. The van der Waals surface area contributed by atoms with E-state index in [1.54, 1.807) is 6.07 Å². The molecule has 2 aromatic rings. The minimum Gasteiger partial charge on any atom is -0.359 e. The predicted octanol–water partition coefficient (Wildman–Crippen LogP) is 3.37. The lowest BCUT2D eigenvalue weighted by Crippen LogP contribution is -2.51. The molecule has 0 amide bonds. The summed E-state index contributed by atoms with van der Waals surface area (Å²) in [5.41, 5.74) is 1.91. The molecule has 0 aliphatic carbocycles. The van der Waals surface area contributed by atoms with Crippen molar-refractivity contribution < 1.29 is 4.39 Å². The third-order valence-corrected chi connectivity index (χ3v) is 3.85. The van der Waals surface area contributed by atoms with E-state index in [2.05, 4.69) is 29.3 Å². The summed E-state index contributed by atoms with van der Waals surface area (Å²) in [6, 6.07) is 17.9. The van der Waals surface area contributed by atoms with Gasteiger partial charge in [0.2, 0.25) is 0 Å². The number of nitrogens with one attached hydrogen (secondary N) is 1. The van der Waals surface area contributed by atoms with Crippen LogP contribution in [0.25, 0.3) is 0 Å². The number of para-hydroxylation sites is 1. The van der Waals surface area contributed by atoms with Gasteiger partial charge in [0, 0.05) is 19.1 Å². The molecule has 2 aromatic carbocycles. The van der Waals surface area contributed by atoms with E-state index in [9.17, 15) is 4.39 Å². The zero-order chi connectivity index (χ0) is 13.9. The van der Waals surface area contributed by atoms with E-state index in [4.69, 9.17) is 0 Å². The first-order chi connectivity index (χ1) is 9.75. The van der Waals surface area contributed by atoms with Crippen LogP contribution in [0.3, 0.4) is 0 Å². The number of benzene rings is 2. The number of rotatable bonds is 2. The summed E-state index contributed by atoms with van der Waals surface area (Å²) in [6.45, 7) is 3.77. The summed E-state index contributed by atoms with van der Waals surface area (Å²) >= 11 is 0. The van der Waals surface area contributed by atoms with Gasteiger partial charge in [-0.1, -0.05) is 42.5 Å². The molecule has 1 saturated heterocycles. The molecule has 1 N–H and O–H groups in total. The lowest BCUT2D eigenvalue weighted by molar-refractivity contribution is 0.412. The van der Waals surface area contributed by atoms with Crippen LogP contribution in [0, 0.1) is 5.82 Å². The molecule has 3 heteroatoms. The highest BCUT2D eigenvalue weighted by molar-refractivity contribution is 5.51. The van der Waals surface area contributed by atoms with Crippen molar-refractivity contribution in [2.24, 2.45) is 0 Å². The Labute approximate surface area is 119 Å². The number of hydrogen-bond acceptors (Lipinski definition) is 2. The maximum absolute atomic E-state index is 14.1. The standard InChI is InChI=1S/C17H19FN2/c1-13-12-20(16-10-6-5-9-15(16)18)17(11-19-13)14-7-3-2-4-8-14/h2-10,13,17,19H,11-12H2,1H3. The van der Waals surface area contributed by atoms with E-state index >= 15 is 0 Å². The average molecular weight is 270 g/mol. The fourth-order valence-corrected chi connectivity index (χ4v) is 2.83. The van der Waals surface area contributed by atoms with Crippen LogP contribution in [0.2, 0.25) is 0 Å². The molecule has 3 rings (SSSR count). The minimum absolute atomic E-state index is 0.150. The molecule has 1 fully saturated rings. The highest BCUT2D eigenvalue weighted by atomic mass is 19.1. The second-order valence-electron chi connectivity index (χ2n) is 5.34. The van der Waals surface area contributed by atoms with Crippen molar-refractivity contribution >= 4 is 5.69 Å². The highest BCUT2D eigenvalue weighted by Crippen LogP contribution is 2.31. The van der Waals surface area contributed by atoms with Gasteiger partial charge in [-0.2, -0.15) is 0 Å². The van der Waals surface area contributed by atoms with Crippen LogP contribution in [-0.2, 0) is 0 Å². The normalized spacial score (nSPS) is 22.8. The molecule has 0 aromatic heterocycles. The summed E-state index contributed by atoms with van der Waals surface area (Å²) in [5, 5.41) is 3.49. The van der Waals surface area contributed by atoms with Gasteiger partial charge in [0.25, 0.3) is 0 Å². The Morgan fingerprint density at radius 2 is 1.75 bits per heavy atom. The molecular weight excluding hydrogens is 251 g/mol. The van der Waals surface area contributed by atoms with Gasteiger partial charge in [0.15, 0.2) is 0 Å². The molecule has 0 bridgehead atoms. The Balaban J connectivity index is 1.98.